The second-order valence-electron chi connectivity index (χ2n) is 4.72. The molecule has 6 nitrogen and oxygen atoms in total. The van der Waals surface area contributed by atoms with E-state index in [1.54, 1.807) is 0 Å². The third kappa shape index (κ3) is 3.28. The molecule has 0 aliphatic rings. The number of rotatable bonds is 4. The van der Waals surface area contributed by atoms with Gasteiger partial charge in [-0.15, -0.1) is 5.10 Å². The number of aromatic nitrogens is 2. The van der Waals surface area contributed by atoms with E-state index in [1.807, 2.05) is 0 Å². The second-order valence-corrected chi connectivity index (χ2v) is 5.24. The van der Waals surface area contributed by atoms with E-state index in [1.165, 1.54) is 24.3 Å². The number of esters is 1. The van der Waals surface area contributed by atoms with Crippen LogP contribution in [0.3, 0.4) is 0 Å². The highest BCUT2D eigenvalue weighted by molar-refractivity contribution is 7.65. The van der Waals surface area contributed by atoms with Crippen molar-refractivity contribution in [3.63, 3.8) is 0 Å². The van der Waals surface area contributed by atoms with Gasteiger partial charge >= 0.3 is 22.9 Å². The standard InChI is InChI=1S/C15H5F4N2O4S/c16-8-5-9(17)11(19)12(10(8)18)24-14(22)7-3-1-6(2-4-7)13-20-21-15(25-13)26-23/h1-5H/q+1. The number of nitrogens with zero attached hydrogens (tertiary/aromatic N) is 2. The molecular weight excluding hydrogens is 380 g/mol. The van der Waals surface area contributed by atoms with E-state index in [9.17, 15) is 26.6 Å². The molecule has 0 atom stereocenters. The number of carbonyl (C=O) groups excluding carboxylic acids is 1. The van der Waals surface area contributed by atoms with Crippen LogP contribution in [0.5, 0.6) is 5.75 Å². The molecule has 26 heavy (non-hydrogen) atoms. The van der Waals surface area contributed by atoms with Crippen molar-refractivity contribution in [1.82, 2.24) is 10.2 Å². The molecule has 0 saturated heterocycles. The Balaban J connectivity index is 1.84. The van der Waals surface area contributed by atoms with E-state index in [-0.39, 0.29) is 34.4 Å². The smallest absolute Gasteiger partial charge is 0.416 e. The fourth-order valence-corrected chi connectivity index (χ4v) is 2.09. The van der Waals surface area contributed by atoms with E-state index in [2.05, 4.69) is 14.9 Å². The Morgan fingerprint density at radius 3 is 2.15 bits per heavy atom. The van der Waals surface area contributed by atoms with Gasteiger partial charge in [0.25, 0.3) is 5.89 Å². The summed E-state index contributed by atoms with van der Waals surface area (Å²) in [7, 11) is 0. The summed E-state index contributed by atoms with van der Waals surface area (Å²) in [6.07, 6.45) is 0. The Morgan fingerprint density at radius 1 is 1.00 bits per heavy atom. The zero-order valence-corrected chi connectivity index (χ0v) is 13.2. The number of halogens is 4. The molecule has 11 heteroatoms. The maximum absolute atomic E-state index is 13.5. The molecule has 3 aromatic rings. The molecule has 0 spiro atoms. The summed E-state index contributed by atoms with van der Waals surface area (Å²) >= 11 is 0.00186. The van der Waals surface area contributed by atoms with Crippen LogP contribution in [0.1, 0.15) is 10.4 Å². The molecule has 2 aromatic carbocycles. The molecule has 0 aliphatic carbocycles. The van der Waals surface area contributed by atoms with Crippen LogP contribution in [0.4, 0.5) is 17.6 Å². The molecule has 0 bridgehead atoms. The first-order chi connectivity index (χ1) is 12.4. The zero-order valence-electron chi connectivity index (χ0n) is 12.3. The van der Waals surface area contributed by atoms with E-state index < -0.39 is 35.0 Å². The zero-order chi connectivity index (χ0) is 18.8. The van der Waals surface area contributed by atoms with Gasteiger partial charge in [-0.05, 0) is 29.4 Å². The van der Waals surface area contributed by atoms with E-state index in [0.717, 1.165) is 0 Å². The van der Waals surface area contributed by atoms with E-state index in [4.69, 9.17) is 4.42 Å². The lowest BCUT2D eigenvalue weighted by atomic mass is 10.1. The summed E-state index contributed by atoms with van der Waals surface area (Å²) in [6.45, 7) is 0. The van der Waals surface area contributed by atoms with Crippen LogP contribution in [0.15, 0.2) is 40.0 Å². The summed E-state index contributed by atoms with van der Waals surface area (Å²) in [5.74, 6) is -9.79. The molecule has 0 fully saturated rings. The Hall–Kier alpha value is -3.21. The van der Waals surface area contributed by atoms with Gasteiger partial charge in [0.05, 0.1) is 9.77 Å². The second kappa shape index (κ2) is 6.96. The Morgan fingerprint density at radius 2 is 1.62 bits per heavy atom. The lowest BCUT2D eigenvalue weighted by molar-refractivity contribution is 0.0717. The van der Waals surface area contributed by atoms with Gasteiger partial charge in [0, 0.05) is 11.6 Å². The van der Waals surface area contributed by atoms with Crippen molar-refractivity contribution >= 4 is 17.6 Å². The fourth-order valence-electron chi connectivity index (χ4n) is 1.90. The SMILES string of the molecule is O=[S+]c1nnc(-c2ccc(C(=O)Oc3c(F)c(F)cc(F)c3F)cc2)o1. The first kappa shape index (κ1) is 17.6. The highest BCUT2D eigenvalue weighted by Crippen LogP contribution is 2.27. The Labute approximate surface area is 145 Å². The van der Waals surface area contributed by atoms with Gasteiger partial charge < -0.3 is 9.15 Å². The summed E-state index contributed by atoms with van der Waals surface area (Å²) in [4.78, 5) is 11.9. The van der Waals surface area contributed by atoms with E-state index in [0.29, 0.717) is 5.56 Å². The van der Waals surface area contributed by atoms with Crippen molar-refractivity contribution in [3.05, 3.63) is 59.2 Å². The highest BCUT2D eigenvalue weighted by atomic mass is 32.1. The van der Waals surface area contributed by atoms with Crippen molar-refractivity contribution < 1.29 is 35.7 Å². The average Bonchev–Trinajstić information content (AvgIpc) is 3.13. The Kier molecular flexibility index (Phi) is 4.71. The molecule has 1 aromatic heterocycles. The van der Waals surface area contributed by atoms with Gasteiger partial charge in [-0.1, -0.05) is 0 Å². The van der Waals surface area contributed by atoms with Crippen molar-refractivity contribution in [2.24, 2.45) is 0 Å². The third-order valence-corrected chi connectivity index (χ3v) is 3.42. The molecule has 0 amide bonds. The summed E-state index contributed by atoms with van der Waals surface area (Å²) in [5, 5.41) is 6.85. The van der Waals surface area contributed by atoms with Gasteiger partial charge in [0.2, 0.25) is 17.4 Å². The van der Waals surface area contributed by atoms with Crippen LogP contribution in [0.25, 0.3) is 11.5 Å². The molecule has 0 unspecified atom stereocenters. The van der Waals surface area contributed by atoms with Gasteiger partial charge in [0.15, 0.2) is 11.6 Å². The van der Waals surface area contributed by atoms with Crippen molar-refractivity contribution in [1.29, 1.82) is 0 Å². The average molecular weight is 385 g/mol. The van der Waals surface area contributed by atoms with Crippen molar-refractivity contribution in [3.8, 4) is 17.2 Å². The third-order valence-electron chi connectivity index (χ3n) is 3.11. The molecule has 0 saturated carbocycles. The van der Waals surface area contributed by atoms with Crippen LogP contribution in [0.2, 0.25) is 0 Å². The maximum atomic E-state index is 13.5. The number of carbonyl (C=O) groups is 1. The highest BCUT2D eigenvalue weighted by Gasteiger charge is 2.24. The minimum atomic E-state index is -1.83. The van der Waals surface area contributed by atoms with Gasteiger partial charge in [-0.2, -0.15) is 8.78 Å². The quantitative estimate of drug-likeness (QED) is 0.225. The molecule has 0 radical (unpaired) electrons. The Bertz CT molecular complexity index is 981. The van der Waals surface area contributed by atoms with E-state index >= 15 is 0 Å². The van der Waals surface area contributed by atoms with Crippen LogP contribution >= 0.6 is 0 Å². The molecule has 1 heterocycles. The fraction of sp³-hybridized carbons (Fsp3) is 0. The largest absolute Gasteiger partial charge is 0.574 e. The molecule has 0 aliphatic heterocycles. The minimum Gasteiger partial charge on any atom is -0.416 e. The van der Waals surface area contributed by atoms with Crippen molar-refractivity contribution in [2.75, 3.05) is 0 Å². The number of hydrogen-bond acceptors (Lipinski definition) is 6. The van der Waals surface area contributed by atoms with Crippen LogP contribution in [0, 0.1) is 23.3 Å². The first-order valence-corrected chi connectivity index (χ1v) is 7.43. The minimum absolute atomic E-state index is 0.00186. The summed E-state index contributed by atoms with van der Waals surface area (Å²) in [5.41, 5.74) is 0.179. The first-order valence-electron chi connectivity index (χ1n) is 6.69. The predicted molar refractivity (Wildman–Crippen MR) is 77.3 cm³/mol. The van der Waals surface area contributed by atoms with Gasteiger partial charge in [-0.25, -0.2) is 13.6 Å². The normalized spacial score (nSPS) is 10.6. The van der Waals surface area contributed by atoms with Gasteiger partial charge in [-0.3, -0.25) is 0 Å². The van der Waals surface area contributed by atoms with Crippen LogP contribution in [-0.4, -0.2) is 16.2 Å². The monoisotopic (exact) mass is 385 g/mol. The van der Waals surface area contributed by atoms with Crippen molar-refractivity contribution in [2.45, 2.75) is 5.22 Å². The van der Waals surface area contributed by atoms with Gasteiger partial charge in [0.1, 0.15) is 0 Å². The van der Waals surface area contributed by atoms with Crippen LogP contribution < -0.4 is 4.74 Å². The lowest BCUT2D eigenvalue weighted by Crippen LogP contribution is -2.12. The topological polar surface area (TPSA) is 82.3 Å². The molecular formula is C15H5F4N2O4S+. The summed E-state index contributed by atoms with van der Waals surface area (Å²) < 4.78 is 73.3. The summed E-state index contributed by atoms with van der Waals surface area (Å²) in [6, 6.07) is 5.05. The lowest BCUT2D eigenvalue weighted by Gasteiger charge is -2.08. The molecule has 3 rings (SSSR count). The number of ether oxygens (including phenoxy) is 1. The predicted octanol–water partition coefficient (Wildman–Crippen LogP) is 3.30. The number of benzene rings is 2. The molecule has 132 valence electrons. The number of hydrogen-bond donors (Lipinski definition) is 0. The van der Waals surface area contributed by atoms with Crippen LogP contribution in [-0.2, 0) is 15.9 Å². The maximum Gasteiger partial charge on any atom is 0.574 e. The molecule has 0 N–H and O–H groups in total.